The van der Waals surface area contributed by atoms with Crippen molar-refractivity contribution in [3.05, 3.63) is 62.9 Å². The number of hydrogen-bond donors (Lipinski definition) is 2. The van der Waals surface area contributed by atoms with Gasteiger partial charge in [-0.3, -0.25) is 14.3 Å². The topological polar surface area (TPSA) is 92.2 Å². The van der Waals surface area contributed by atoms with Gasteiger partial charge in [-0.2, -0.15) is 0 Å². The van der Waals surface area contributed by atoms with Crippen molar-refractivity contribution in [2.24, 2.45) is 0 Å². The Labute approximate surface area is 94.8 Å². The number of aromatic nitrogens is 2. The predicted molar refractivity (Wildman–Crippen MR) is 59.6 cm³/mol. The molecule has 2 aromatic rings. The van der Waals surface area contributed by atoms with Gasteiger partial charge >= 0.3 is 11.7 Å². The van der Waals surface area contributed by atoms with Crippen LogP contribution in [0.25, 0.3) is 5.69 Å². The van der Waals surface area contributed by atoms with Crippen LogP contribution in [0.3, 0.4) is 0 Å². The van der Waals surface area contributed by atoms with Crippen molar-refractivity contribution >= 4 is 5.97 Å². The first kappa shape index (κ1) is 10.9. The molecule has 0 radical (unpaired) electrons. The van der Waals surface area contributed by atoms with Crippen molar-refractivity contribution < 1.29 is 9.90 Å². The summed E-state index contributed by atoms with van der Waals surface area (Å²) in [6.45, 7) is 0. The van der Waals surface area contributed by atoms with Gasteiger partial charge in [0.2, 0.25) is 0 Å². The fourth-order valence-electron chi connectivity index (χ4n) is 1.40. The number of rotatable bonds is 2. The first-order valence-corrected chi connectivity index (χ1v) is 4.74. The van der Waals surface area contributed by atoms with Crippen LogP contribution in [0.1, 0.15) is 10.4 Å². The lowest BCUT2D eigenvalue weighted by Crippen LogP contribution is -2.32. The maximum absolute atomic E-state index is 11.5. The average molecular weight is 232 g/mol. The highest BCUT2D eigenvalue weighted by atomic mass is 16.4. The van der Waals surface area contributed by atoms with Crippen molar-refractivity contribution in [2.45, 2.75) is 0 Å². The van der Waals surface area contributed by atoms with Gasteiger partial charge in [0.1, 0.15) is 5.56 Å². The third-order valence-electron chi connectivity index (χ3n) is 2.21. The first-order chi connectivity index (χ1) is 8.09. The second-order valence-corrected chi connectivity index (χ2v) is 3.31. The lowest BCUT2D eigenvalue weighted by molar-refractivity contribution is 0.0694. The van der Waals surface area contributed by atoms with Gasteiger partial charge in [0.25, 0.3) is 5.56 Å². The minimum atomic E-state index is -1.38. The molecule has 0 atom stereocenters. The monoisotopic (exact) mass is 232 g/mol. The molecule has 86 valence electrons. The highest BCUT2D eigenvalue weighted by molar-refractivity contribution is 5.86. The molecule has 0 saturated carbocycles. The fraction of sp³-hybridized carbons (Fsp3) is 0. The molecule has 0 aliphatic heterocycles. The summed E-state index contributed by atoms with van der Waals surface area (Å²) in [5.41, 5.74) is -1.58. The summed E-state index contributed by atoms with van der Waals surface area (Å²) in [5, 5.41) is 8.79. The number of nitrogens with one attached hydrogen (secondary N) is 1. The van der Waals surface area contributed by atoms with E-state index in [2.05, 4.69) is 0 Å². The summed E-state index contributed by atoms with van der Waals surface area (Å²) in [6.07, 6.45) is 1.01. The highest BCUT2D eigenvalue weighted by Gasteiger charge is 2.11. The molecule has 17 heavy (non-hydrogen) atoms. The summed E-state index contributed by atoms with van der Waals surface area (Å²) in [5.74, 6) is -1.38. The Morgan fingerprint density at radius 2 is 1.82 bits per heavy atom. The van der Waals surface area contributed by atoms with Crippen LogP contribution < -0.4 is 11.2 Å². The van der Waals surface area contributed by atoms with E-state index in [1.165, 1.54) is 0 Å². The number of aromatic carboxylic acids is 1. The van der Waals surface area contributed by atoms with E-state index in [0.29, 0.717) is 5.69 Å². The van der Waals surface area contributed by atoms with E-state index >= 15 is 0 Å². The van der Waals surface area contributed by atoms with Crippen LogP contribution in [0.5, 0.6) is 0 Å². The Hall–Kier alpha value is -2.63. The van der Waals surface area contributed by atoms with Gasteiger partial charge in [0.15, 0.2) is 0 Å². The summed E-state index contributed by atoms with van der Waals surface area (Å²) in [7, 11) is 0. The minimum absolute atomic E-state index is 0.478. The quantitative estimate of drug-likeness (QED) is 0.774. The second kappa shape index (κ2) is 4.09. The average Bonchev–Trinajstić information content (AvgIpc) is 2.29. The second-order valence-electron chi connectivity index (χ2n) is 3.31. The Morgan fingerprint density at radius 1 is 1.18 bits per heavy atom. The number of hydrogen-bond acceptors (Lipinski definition) is 3. The molecular weight excluding hydrogens is 224 g/mol. The number of carbonyl (C=O) groups is 1. The molecule has 0 saturated heterocycles. The smallest absolute Gasteiger partial charge is 0.342 e. The SMILES string of the molecule is O=C(O)c1cn(-c2ccccc2)c(=O)[nH]c1=O. The molecule has 6 heteroatoms. The molecule has 2 rings (SSSR count). The number of benzene rings is 1. The zero-order chi connectivity index (χ0) is 12.4. The molecule has 1 heterocycles. The molecular formula is C11H8N2O4. The summed E-state index contributed by atoms with van der Waals surface area (Å²) < 4.78 is 1.07. The number of para-hydroxylation sites is 1. The Bertz CT molecular complexity index is 670. The molecule has 0 spiro atoms. The fourth-order valence-corrected chi connectivity index (χ4v) is 1.40. The van der Waals surface area contributed by atoms with E-state index in [4.69, 9.17) is 5.11 Å². The Kier molecular flexibility index (Phi) is 2.61. The van der Waals surface area contributed by atoms with Crippen molar-refractivity contribution in [1.29, 1.82) is 0 Å². The number of carboxylic acids is 1. The van der Waals surface area contributed by atoms with Gasteiger partial charge in [-0.05, 0) is 12.1 Å². The van der Waals surface area contributed by atoms with E-state index in [0.717, 1.165) is 10.8 Å². The van der Waals surface area contributed by atoms with Crippen molar-refractivity contribution in [3.8, 4) is 5.69 Å². The number of aromatic amines is 1. The molecule has 2 N–H and O–H groups in total. The first-order valence-electron chi connectivity index (χ1n) is 4.74. The predicted octanol–water partition coefficient (Wildman–Crippen LogP) is 0.224. The van der Waals surface area contributed by atoms with Gasteiger partial charge in [0, 0.05) is 6.20 Å². The van der Waals surface area contributed by atoms with Gasteiger partial charge in [0.05, 0.1) is 5.69 Å². The Balaban J connectivity index is 2.72. The molecule has 0 amide bonds. The molecule has 0 bridgehead atoms. The summed E-state index contributed by atoms with van der Waals surface area (Å²) >= 11 is 0. The number of carboxylic acid groups (broad SMARTS) is 1. The maximum atomic E-state index is 11.5. The standard InChI is InChI=1S/C11H8N2O4/c14-9-8(10(15)16)6-13(11(17)12-9)7-4-2-1-3-5-7/h1-6H,(H,15,16)(H,12,14,17). The van der Waals surface area contributed by atoms with Gasteiger partial charge < -0.3 is 5.11 Å². The molecule has 0 unspecified atom stereocenters. The maximum Gasteiger partial charge on any atom is 0.342 e. The van der Waals surface area contributed by atoms with Crippen molar-refractivity contribution in [1.82, 2.24) is 9.55 Å². The third-order valence-corrected chi connectivity index (χ3v) is 2.21. The number of nitrogens with zero attached hydrogens (tertiary/aromatic N) is 1. The van der Waals surface area contributed by atoms with Crippen molar-refractivity contribution in [2.75, 3.05) is 0 Å². The lowest BCUT2D eigenvalue weighted by atomic mass is 10.3. The summed E-state index contributed by atoms with van der Waals surface area (Å²) in [4.78, 5) is 35.5. The largest absolute Gasteiger partial charge is 0.477 e. The summed E-state index contributed by atoms with van der Waals surface area (Å²) in [6, 6.07) is 8.43. The lowest BCUT2D eigenvalue weighted by Gasteiger charge is -2.04. The van der Waals surface area contributed by atoms with Gasteiger partial charge in [-0.1, -0.05) is 18.2 Å². The highest BCUT2D eigenvalue weighted by Crippen LogP contribution is 2.03. The van der Waals surface area contributed by atoms with Crippen LogP contribution in [-0.4, -0.2) is 20.6 Å². The van der Waals surface area contributed by atoms with Crippen molar-refractivity contribution in [3.63, 3.8) is 0 Å². The van der Waals surface area contributed by atoms with Crippen LogP contribution in [0.4, 0.5) is 0 Å². The van der Waals surface area contributed by atoms with Crippen LogP contribution in [0.2, 0.25) is 0 Å². The van der Waals surface area contributed by atoms with Crippen LogP contribution in [-0.2, 0) is 0 Å². The Morgan fingerprint density at radius 3 is 2.41 bits per heavy atom. The van der Waals surface area contributed by atoms with Crippen LogP contribution in [0, 0.1) is 0 Å². The minimum Gasteiger partial charge on any atom is -0.477 e. The molecule has 6 nitrogen and oxygen atoms in total. The number of H-pyrrole nitrogens is 1. The van der Waals surface area contributed by atoms with E-state index in [1.54, 1.807) is 30.3 Å². The van der Waals surface area contributed by atoms with Crippen LogP contribution >= 0.6 is 0 Å². The van der Waals surface area contributed by atoms with E-state index in [1.807, 2.05) is 4.98 Å². The zero-order valence-electron chi connectivity index (χ0n) is 8.58. The van der Waals surface area contributed by atoms with E-state index in [9.17, 15) is 14.4 Å². The third kappa shape index (κ3) is 2.00. The molecule has 0 aliphatic carbocycles. The molecule has 0 fully saturated rings. The molecule has 1 aromatic carbocycles. The molecule has 1 aromatic heterocycles. The van der Waals surface area contributed by atoms with E-state index < -0.39 is 22.8 Å². The normalized spacial score (nSPS) is 10.1. The van der Waals surface area contributed by atoms with Gasteiger partial charge in [-0.25, -0.2) is 9.59 Å². The van der Waals surface area contributed by atoms with Crippen LogP contribution in [0.15, 0.2) is 46.1 Å². The van der Waals surface area contributed by atoms with Gasteiger partial charge in [-0.15, -0.1) is 0 Å². The van der Waals surface area contributed by atoms with E-state index in [-0.39, 0.29) is 0 Å². The molecule has 0 aliphatic rings. The zero-order valence-corrected chi connectivity index (χ0v) is 8.58.